The van der Waals surface area contributed by atoms with Gasteiger partial charge >= 0.3 is 5.97 Å². The fraction of sp³-hybridized carbons (Fsp3) is 0.333. The molecule has 9 heteroatoms. The van der Waals surface area contributed by atoms with Gasteiger partial charge in [0, 0.05) is 0 Å². The molecule has 1 aromatic carbocycles. The van der Waals surface area contributed by atoms with E-state index in [4.69, 9.17) is 15.2 Å². The fourth-order valence-electron chi connectivity index (χ4n) is 2.42. The number of methoxy groups -OCH3 is 1. The van der Waals surface area contributed by atoms with Gasteiger partial charge in [-0.2, -0.15) is 0 Å². The molecule has 160 valence electrons. The van der Waals surface area contributed by atoms with E-state index in [9.17, 15) is 19.5 Å². The predicted molar refractivity (Wildman–Crippen MR) is 113 cm³/mol. The van der Waals surface area contributed by atoms with E-state index < -0.39 is 23.6 Å². The van der Waals surface area contributed by atoms with Crippen LogP contribution >= 0.6 is 11.3 Å². The molecule has 0 bridgehead atoms. The third-order valence-corrected chi connectivity index (χ3v) is 5.27. The molecule has 0 aliphatic rings. The maximum atomic E-state index is 12.8. The molecule has 2 rings (SSSR count). The Hall–Kier alpha value is -3.04. The van der Waals surface area contributed by atoms with E-state index >= 15 is 0 Å². The van der Waals surface area contributed by atoms with Gasteiger partial charge in [-0.15, -0.1) is 11.3 Å². The van der Waals surface area contributed by atoms with Crippen molar-refractivity contribution in [1.82, 2.24) is 4.98 Å². The lowest BCUT2D eigenvalue weighted by Gasteiger charge is -2.11. The number of allylic oxidation sites excluding steroid dienone is 1. The molecule has 30 heavy (non-hydrogen) atoms. The topological polar surface area (TPSA) is 129 Å². The number of aromatic hydroxyl groups is 1. The van der Waals surface area contributed by atoms with Gasteiger partial charge in [0.15, 0.2) is 28.0 Å². The van der Waals surface area contributed by atoms with Crippen molar-refractivity contribution >= 4 is 34.9 Å². The summed E-state index contributed by atoms with van der Waals surface area (Å²) in [6.07, 6.45) is 2.75. The summed E-state index contributed by atoms with van der Waals surface area (Å²) >= 11 is 0.814. The van der Waals surface area contributed by atoms with Crippen LogP contribution in [-0.4, -0.2) is 47.4 Å². The summed E-state index contributed by atoms with van der Waals surface area (Å²) < 4.78 is 10.0. The van der Waals surface area contributed by atoms with E-state index in [2.05, 4.69) is 4.98 Å². The molecular weight excluding hydrogens is 408 g/mol. The average Bonchev–Trinajstić information content (AvgIpc) is 3.17. The first kappa shape index (κ1) is 23.2. The smallest absolute Gasteiger partial charge is 0.358 e. The molecule has 0 saturated carbocycles. The summed E-state index contributed by atoms with van der Waals surface area (Å²) in [6, 6.07) is 3.78. The van der Waals surface area contributed by atoms with Gasteiger partial charge in [0.2, 0.25) is 5.78 Å². The van der Waals surface area contributed by atoms with Crippen molar-refractivity contribution in [2.75, 3.05) is 13.7 Å². The van der Waals surface area contributed by atoms with Crippen molar-refractivity contribution in [3.8, 4) is 11.5 Å². The number of aromatic nitrogens is 1. The number of ketones is 2. The molecule has 1 atom stereocenters. The third-order valence-electron chi connectivity index (χ3n) is 4.18. The molecule has 1 aromatic heterocycles. The number of nitrogens with zero attached hydrogens (tertiary/aromatic N) is 1. The van der Waals surface area contributed by atoms with Crippen LogP contribution in [0.3, 0.4) is 0 Å². The Balaban J connectivity index is 2.39. The highest BCUT2D eigenvalue weighted by atomic mass is 32.1. The first-order valence-corrected chi connectivity index (χ1v) is 10.1. The number of carbonyl (C=O) groups is 3. The van der Waals surface area contributed by atoms with Crippen LogP contribution in [-0.2, 0) is 4.74 Å². The van der Waals surface area contributed by atoms with Crippen molar-refractivity contribution in [3.63, 3.8) is 0 Å². The van der Waals surface area contributed by atoms with E-state index in [-0.39, 0.29) is 39.6 Å². The van der Waals surface area contributed by atoms with Crippen molar-refractivity contribution in [3.05, 3.63) is 45.4 Å². The zero-order valence-corrected chi connectivity index (χ0v) is 18.0. The number of rotatable bonds is 9. The fourth-order valence-corrected chi connectivity index (χ4v) is 3.38. The van der Waals surface area contributed by atoms with Gasteiger partial charge in [0.25, 0.3) is 0 Å². The van der Waals surface area contributed by atoms with Crippen LogP contribution in [0.15, 0.2) is 24.3 Å². The van der Waals surface area contributed by atoms with Gasteiger partial charge in [-0.25, -0.2) is 9.78 Å². The minimum atomic E-state index is -0.797. The molecule has 2 aromatic rings. The third kappa shape index (κ3) is 5.31. The Morgan fingerprint density at radius 3 is 2.60 bits per heavy atom. The SMILES string of the molecule is CCOC(=O)c1nc(C(=O)[C@@H](N)C(C)C)sc1C(=O)/C=C/c1ccc(O)c(OC)c1. The summed E-state index contributed by atoms with van der Waals surface area (Å²) in [6.45, 7) is 5.32. The summed E-state index contributed by atoms with van der Waals surface area (Å²) in [7, 11) is 1.41. The van der Waals surface area contributed by atoms with Gasteiger partial charge in [-0.05, 0) is 36.6 Å². The minimum Gasteiger partial charge on any atom is -0.504 e. The van der Waals surface area contributed by atoms with Crippen LogP contribution in [0.5, 0.6) is 11.5 Å². The summed E-state index contributed by atoms with van der Waals surface area (Å²) in [5, 5.41) is 9.65. The van der Waals surface area contributed by atoms with E-state index in [0.717, 1.165) is 11.3 Å². The molecular formula is C21H24N2O6S. The van der Waals surface area contributed by atoms with Gasteiger partial charge in [0.1, 0.15) is 4.88 Å². The quantitative estimate of drug-likeness (QED) is 0.351. The zero-order chi connectivity index (χ0) is 22.4. The Kier molecular flexibility index (Phi) is 7.85. The van der Waals surface area contributed by atoms with Crippen LogP contribution in [0.2, 0.25) is 0 Å². The molecule has 0 fully saturated rings. The lowest BCUT2D eigenvalue weighted by atomic mass is 10.0. The van der Waals surface area contributed by atoms with E-state index in [1.54, 1.807) is 32.9 Å². The van der Waals surface area contributed by atoms with Crippen molar-refractivity contribution in [2.45, 2.75) is 26.8 Å². The number of hydrogen-bond donors (Lipinski definition) is 2. The normalized spacial score (nSPS) is 12.2. The number of Topliss-reactive ketones (excluding diaryl/α,β-unsaturated/α-hetero) is 1. The second kappa shape index (κ2) is 10.1. The van der Waals surface area contributed by atoms with E-state index in [0.29, 0.717) is 5.56 Å². The van der Waals surface area contributed by atoms with Gasteiger partial charge in [-0.1, -0.05) is 26.0 Å². The molecule has 0 unspecified atom stereocenters. The number of benzene rings is 1. The second-order valence-electron chi connectivity index (χ2n) is 6.68. The van der Waals surface area contributed by atoms with Gasteiger partial charge in [-0.3, -0.25) is 9.59 Å². The van der Waals surface area contributed by atoms with Crippen molar-refractivity contribution < 1.29 is 29.0 Å². The highest BCUT2D eigenvalue weighted by Crippen LogP contribution is 2.27. The van der Waals surface area contributed by atoms with Crippen molar-refractivity contribution in [2.24, 2.45) is 11.7 Å². The standard InChI is InChI=1S/C21H24N2O6S/c1-5-29-21(27)17-19(30-20(23-17)18(26)16(22)11(2)3)14(25)9-7-12-6-8-13(24)15(10-12)28-4/h6-11,16,24H,5,22H2,1-4H3/b9-7+/t16-/m0/s1. The summed E-state index contributed by atoms with van der Waals surface area (Å²) in [5.74, 6) is -1.64. The lowest BCUT2D eigenvalue weighted by Crippen LogP contribution is -2.35. The molecule has 1 heterocycles. The Labute approximate surface area is 178 Å². The van der Waals surface area contributed by atoms with E-state index in [1.807, 2.05) is 0 Å². The molecule has 8 nitrogen and oxygen atoms in total. The molecule has 0 radical (unpaired) electrons. The molecule has 0 amide bonds. The highest BCUT2D eigenvalue weighted by molar-refractivity contribution is 7.16. The summed E-state index contributed by atoms with van der Waals surface area (Å²) in [4.78, 5) is 41.6. The number of hydrogen-bond acceptors (Lipinski definition) is 9. The Morgan fingerprint density at radius 2 is 2.00 bits per heavy atom. The predicted octanol–water partition coefficient (Wildman–Crippen LogP) is 3.10. The Morgan fingerprint density at radius 1 is 1.30 bits per heavy atom. The van der Waals surface area contributed by atoms with E-state index in [1.165, 1.54) is 25.3 Å². The number of thiazole rings is 1. The number of phenols is 1. The average molecular weight is 432 g/mol. The van der Waals surface area contributed by atoms with Gasteiger partial charge < -0.3 is 20.3 Å². The van der Waals surface area contributed by atoms with Crippen LogP contribution in [0.1, 0.15) is 56.3 Å². The summed E-state index contributed by atoms with van der Waals surface area (Å²) in [5.41, 5.74) is 6.29. The molecule has 0 spiro atoms. The molecule has 0 aliphatic carbocycles. The maximum Gasteiger partial charge on any atom is 0.358 e. The molecule has 3 N–H and O–H groups in total. The van der Waals surface area contributed by atoms with Crippen LogP contribution in [0.25, 0.3) is 6.08 Å². The second-order valence-corrected chi connectivity index (χ2v) is 7.68. The van der Waals surface area contributed by atoms with Crippen LogP contribution in [0, 0.1) is 5.92 Å². The maximum absolute atomic E-state index is 12.8. The monoisotopic (exact) mass is 432 g/mol. The van der Waals surface area contributed by atoms with Crippen LogP contribution < -0.4 is 10.5 Å². The number of ether oxygens (including phenoxy) is 2. The molecule has 0 saturated heterocycles. The zero-order valence-electron chi connectivity index (χ0n) is 17.2. The highest BCUT2D eigenvalue weighted by Gasteiger charge is 2.29. The number of esters is 1. The Bertz CT molecular complexity index is 980. The van der Waals surface area contributed by atoms with Gasteiger partial charge in [0.05, 0.1) is 19.8 Å². The first-order valence-electron chi connectivity index (χ1n) is 9.26. The number of phenolic OH excluding ortho intramolecular Hbond substituents is 1. The lowest BCUT2D eigenvalue weighted by molar-refractivity contribution is 0.0517. The van der Waals surface area contributed by atoms with Crippen molar-refractivity contribution in [1.29, 1.82) is 0 Å². The minimum absolute atomic E-state index is 0.00486. The molecule has 0 aliphatic heterocycles. The number of nitrogens with two attached hydrogens (primary N) is 1. The van der Waals surface area contributed by atoms with Crippen LogP contribution in [0.4, 0.5) is 0 Å². The number of carbonyl (C=O) groups excluding carboxylic acids is 3. The largest absolute Gasteiger partial charge is 0.504 e. The first-order chi connectivity index (χ1) is 14.2.